The number of urea groups is 1. The third-order valence-corrected chi connectivity index (χ3v) is 6.53. The Balaban J connectivity index is 1.63. The van der Waals surface area contributed by atoms with E-state index in [4.69, 9.17) is 0 Å². The van der Waals surface area contributed by atoms with E-state index < -0.39 is 0 Å². The van der Waals surface area contributed by atoms with E-state index >= 15 is 0 Å². The molecule has 24 heavy (non-hydrogen) atoms. The first-order valence-corrected chi connectivity index (χ1v) is 9.89. The Morgan fingerprint density at radius 2 is 2.08 bits per heavy atom. The van der Waals surface area contributed by atoms with Crippen LogP contribution in [0.15, 0.2) is 0 Å². The number of unbranched alkanes of at least 4 members (excludes halogenated alkanes) is 1. The van der Waals surface area contributed by atoms with Crippen LogP contribution in [-0.2, 0) is 9.59 Å². The smallest absolute Gasteiger partial charge is 0.317 e. The highest BCUT2D eigenvalue weighted by Gasteiger charge is 2.46. The molecule has 1 N–H and O–H groups in total. The van der Waals surface area contributed by atoms with E-state index in [9.17, 15) is 14.4 Å². The summed E-state index contributed by atoms with van der Waals surface area (Å²) in [5, 5.41) is 3.49. The van der Waals surface area contributed by atoms with Crippen LogP contribution in [0.2, 0.25) is 0 Å². The number of carbonyl (C=O) groups excluding carboxylic acids is 3. The number of Topliss-reactive ketones (excluding diaryl/α,β-unsaturated/α-hetero) is 1. The minimum absolute atomic E-state index is 0.0359. The molecule has 0 aromatic heterocycles. The molecule has 7 heteroatoms. The van der Waals surface area contributed by atoms with Crippen LogP contribution in [0.25, 0.3) is 0 Å². The monoisotopic (exact) mass is 355 g/mol. The van der Waals surface area contributed by atoms with Gasteiger partial charge in [0.25, 0.3) is 0 Å². The second-order valence-corrected chi connectivity index (χ2v) is 8.00. The highest BCUT2D eigenvalue weighted by Crippen LogP contribution is 2.36. The van der Waals surface area contributed by atoms with E-state index in [1.807, 2.05) is 30.6 Å². The zero-order valence-electron chi connectivity index (χ0n) is 14.9. The van der Waals surface area contributed by atoms with Gasteiger partial charge in [0.1, 0.15) is 5.78 Å². The maximum atomic E-state index is 12.1. The largest absolute Gasteiger partial charge is 0.345 e. The fourth-order valence-corrected chi connectivity index (χ4v) is 5.02. The van der Waals surface area contributed by atoms with Crippen molar-refractivity contribution in [3.63, 3.8) is 0 Å². The molecule has 2 heterocycles. The van der Waals surface area contributed by atoms with Gasteiger partial charge in [0.05, 0.1) is 12.1 Å². The molecule has 3 atom stereocenters. The number of hydrogen-bond donors (Lipinski definition) is 1. The van der Waals surface area contributed by atoms with Gasteiger partial charge in [-0.1, -0.05) is 13.3 Å². The summed E-state index contributed by atoms with van der Waals surface area (Å²) in [6.07, 6.45) is 4.43. The normalized spacial score (nSPS) is 25.5. The Labute approximate surface area is 148 Å². The number of amides is 3. The third kappa shape index (κ3) is 4.65. The quantitative estimate of drug-likeness (QED) is 0.506. The molecule has 0 unspecified atom stereocenters. The van der Waals surface area contributed by atoms with Crippen molar-refractivity contribution in [1.29, 1.82) is 0 Å². The average molecular weight is 356 g/mol. The molecule has 0 bridgehead atoms. The van der Waals surface area contributed by atoms with Crippen molar-refractivity contribution in [3.8, 4) is 0 Å². The number of hydrogen-bond acceptors (Lipinski definition) is 4. The topological polar surface area (TPSA) is 69.7 Å². The number of nitrogens with one attached hydrogen (secondary N) is 1. The van der Waals surface area contributed by atoms with Crippen molar-refractivity contribution in [2.75, 3.05) is 26.4 Å². The molecule has 0 aromatic rings. The van der Waals surface area contributed by atoms with Gasteiger partial charge in [-0.15, -0.1) is 0 Å². The van der Waals surface area contributed by atoms with Gasteiger partial charge in [-0.05, 0) is 12.8 Å². The molecule has 0 aromatic carbocycles. The van der Waals surface area contributed by atoms with Crippen LogP contribution in [0.5, 0.6) is 0 Å². The molecule has 2 fully saturated rings. The number of thioether (sulfide) groups is 1. The van der Waals surface area contributed by atoms with Crippen molar-refractivity contribution in [2.24, 2.45) is 0 Å². The van der Waals surface area contributed by atoms with Gasteiger partial charge in [0.2, 0.25) is 5.91 Å². The summed E-state index contributed by atoms with van der Waals surface area (Å²) in [6, 6.07) is 0.607. The molecular weight excluding hydrogens is 326 g/mol. The number of carbonyl (C=O) groups is 3. The third-order valence-electron chi connectivity index (χ3n) is 5.03. The predicted octanol–water partition coefficient (Wildman–Crippen LogP) is 1.88. The van der Waals surface area contributed by atoms with Gasteiger partial charge < -0.3 is 15.1 Å². The van der Waals surface area contributed by atoms with Gasteiger partial charge in [0, 0.05) is 50.9 Å². The SMILES string of the molecule is CCC(=O)CCN(C)C(=O)CCCC[C@@H]1SC[C@@H]2NC(=O)N(C)[C@@H]21. The van der Waals surface area contributed by atoms with Crippen molar-refractivity contribution < 1.29 is 14.4 Å². The standard InChI is InChI=1S/C17H29N3O3S/c1-4-12(21)9-10-19(2)15(22)8-6-5-7-14-16-13(11-24-14)18-17(23)20(16)3/h13-14,16H,4-11H2,1-3H3,(H,18,23)/t13-,14-,16-/m0/s1. The average Bonchev–Trinajstić information content (AvgIpc) is 3.09. The molecule has 0 aliphatic carbocycles. The lowest BCUT2D eigenvalue weighted by atomic mass is 10.0. The van der Waals surface area contributed by atoms with E-state index in [1.54, 1.807) is 11.9 Å². The molecule has 0 spiro atoms. The van der Waals surface area contributed by atoms with Crippen molar-refractivity contribution in [2.45, 2.75) is 62.8 Å². The summed E-state index contributed by atoms with van der Waals surface area (Å²) in [7, 11) is 3.64. The number of fused-ring (bicyclic) bond motifs is 1. The van der Waals surface area contributed by atoms with Crippen LogP contribution in [0, 0.1) is 0 Å². The van der Waals surface area contributed by atoms with E-state index in [-0.39, 0.29) is 23.8 Å². The fourth-order valence-electron chi connectivity index (χ4n) is 3.39. The van der Waals surface area contributed by atoms with E-state index in [0.29, 0.717) is 37.1 Å². The first kappa shape index (κ1) is 19.1. The summed E-state index contributed by atoms with van der Waals surface area (Å²) in [5.74, 6) is 1.30. The number of rotatable bonds is 9. The Bertz CT molecular complexity index is 486. The van der Waals surface area contributed by atoms with Crippen molar-refractivity contribution in [1.82, 2.24) is 15.1 Å². The number of ketones is 1. The van der Waals surface area contributed by atoms with Gasteiger partial charge in [-0.3, -0.25) is 9.59 Å². The molecule has 2 aliphatic heterocycles. The van der Waals surface area contributed by atoms with E-state index in [2.05, 4.69) is 5.32 Å². The molecule has 2 saturated heterocycles. The lowest BCUT2D eigenvalue weighted by molar-refractivity contribution is -0.130. The van der Waals surface area contributed by atoms with Gasteiger partial charge in [-0.2, -0.15) is 11.8 Å². The van der Waals surface area contributed by atoms with Crippen molar-refractivity contribution in [3.05, 3.63) is 0 Å². The molecule has 0 radical (unpaired) electrons. The van der Waals surface area contributed by atoms with Crippen LogP contribution in [0.3, 0.4) is 0 Å². The van der Waals surface area contributed by atoms with Gasteiger partial charge in [-0.25, -0.2) is 4.79 Å². The molecule has 3 amide bonds. The second kappa shape index (κ2) is 8.74. The zero-order chi connectivity index (χ0) is 17.7. The van der Waals surface area contributed by atoms with E-state index in [1.165, 1.54) is 0 Å². The van der Waals surface area contributed by atoms with Crippen molar-refractivity contribution >= 4 is 29.5 Å². The van der Waals surface area contributed by atoms with Gasteiger partial charge in [0.15, 0.2) is 0 Å². The lowest BCUT2D eigenvalue weighted by Crippen LogP contribution is -2.38. The molecule has 6 nitrogen and oxygen atoms in total. The van der Waals surface area contributed by atoms with Crippen LogP contribution >= 0.6 is 11.8 Å². The van der Waals surface area contributed by atoms with Crippen LogP contribution in [0.4, 0.5) is 4.79 Å². The first-order chi connectivity index (χ1) is 11.4. The molecule has 0 saturated carbocycles. The zero-order valence-corrected chi connectivity index (χ0v) is 15.7. The molecule has 136 valence electrons. The summed E-state index contributed by atoms with van der Waals surface area (Å²) in [6.45, 7) is 2.37. The maximum Gasteiger partial charge on any atom is 0.317 e. The Kier molecular flexibility index (Phi) is 6.95. The lowest BCUT2D eigenvalue weighted by Gasteiger charge is -2.23. The molecule has 2 aliphatic rings. The highest BCUT2D eigenvalue weighted by molar-refractivity contribution is 8.00. The highest BCUT2D eigenvalue weighted by atomic mass is 32.2. The maximum absolute atomic E-state index is 12.1. The molecule has 2 rings (SSSR count). The van der Waals surface area contributed by atoms with Crippen LogP contribution in [-0.4, -0.2) is 71.2 Å². The summed E-state index contributed by atoms with van der Waals surface area (Å²) < 4.78 is 0. The van der Waals surface area contributed by atoms with Gasteiger partial charge >= 0.3 is 6.03 Å². The second-order valence-electron chi connectivity index (χ2n) is 6.73. The Morgan fingerprint density at radius 1 is 1.33 bits per heavy atom. The predicted molar refractivity (Wildman–Crippen MR) is 96.1 cm³/mol. The number of likely N-dealkylation sites (N-methyl/N-ethyl adjacent to an activating group) is 1. The van der Waals surface area contributed by atoms with Crippen LogP contribution < -0.4 is 5.32 Å². The fraction of sp³-hybridized carbons (Fsp3) is 0.824. The summed E-state index contributed by atoms with van der Waals surface area (Å²) >= 11 is 1.93. The first-order valence-electron chi connectivity index (χ1n) is 8.84. The van der Waals surface area contributed by atoms with E-state index in [0.717, 1.165) is 25.0 Å². The molecular formula is C17H29N3O3S. The summed E-state index contributed by atoms with van der Waals surface area (Å²) in [5.41, 5.74) is 0. The summed E-state index contributed by atoms with van der Waals surface area (Å²) in [4.78, 5) is 38.6. The Morgan fingerprint density at radius 3 is 2.79 bits per heavy atom. The minimum atomic E-state index is 0.0359. The van der Waals surface area contributed by atoms with Crippen LogP contribution in [0.1, 0.15) is 45.4 Å². The Hall–Kier alpha value is -1.24. The minimum Gasteiger partial charge on any atom is -0.345 e. The number of nitrogens with zero attached hydrogens (tertiary/aromatic N) is 2.